The Morgan fingerprint density at radius 1 is 1.17 bits per heavy atom. The van der Waals surface area contributed by atoms with Gasteiger partial charge in [0.2, 0.25) is 11.9 Å². The van der Waals surface area contributed by atoms with Crippen LogP contribution in [0, 0.1) is 6.92 Å². The number of carbonyl (C=O) groups excluding carboxylic acids is 1. The second kappa shape index (κ2) is 7.81. The zero-order chi connectivity index (χ0) is 16.8. The van der Waals surface area contributed by atoms with Crippen molar-refractivity contribution in [1.82, 2.24) is 19.9 Å². The summed E-state index contributed by atoms with van der Waals surface area (Å²) >= 11 is 0. The van der Waals surface area contributed by atoms with Crippen molar-refractivity contribution >= 4 is 17.7 Å². The Kier molecular flexibility index (Phi) is 5.30. The molecule has 0 radical (unpaired) electrons. The molecule has 0 spiro atoms. The smallest absolute Gasteiger partial charge is 0.239 e. The van der Waals surface area contributed by atoms with Crippen LogP contribution >= 0.6 is 0 Å². The van der Waals surface area contributed by atoms with E-state index in [1.807, 2.05) is 42.1 Å². The molecule has 7 heteroatoms. The van der Waals surface area contributed by atoms with Gasteiger partial charge in [0.25, 0.3) is 0 Å². The molecular weight excluding hydrogens is 304 g/mol. The number of rotatable bonds is 7. The Balaban J connectivity index is 1.45. The Labute approximate surface area is 142 Å². The van der Waals surface area contributed by atoms with Gasteiger partial charge in [0.05, 0.1) is 0 Å². The minimum Gasteiger partial charge on any atom is -0.356 e. The van der Waals surface area contributed by atoms with Crippen LogP contribution in [0.3, 0.4) is 0 Å². The molecule has 2 aromatic rings. The molecule has 2 aromatic heterocycles. The summed E-state index contributed by atoms with van der Waals surface area (Å²) in [5.74, 6) is 1.60. The number of carbonyl (C=O) groups is 1. The monoisotopic (exact) mass is 328 g/mol. The average molecular weight is 328 g/mol. The summed E-state index contributed by atoms with van der Waals surface area (Å²) in [5.41, 5.74) is 0.950. The molecule has 7 nitrogen and oxygen atoms in total. The van der Waals surface area contributed by atoms with Crippen LogP contribution in [0.15, 0.2) is 30.6 Å². The largest absolute Gasteiger partial charge is 0.356 e. The highest BCUT2D eigenvalue weighted by Crippen LogP contribution is 2.19. The van der Waals surface area contributed by atoms with Crippen LogP contribution in [-0.2, 0) is 11.3 Å². The summed E-state index contributed by atoms with van der Waals surface area (Å²) in [4.78, 5) is 23.1. The molecule has 3 heterocycles. The minimum atomic E-state index is -0.00378. The third-order valence-corrected chi connectivity index (χ3v) is 3.99. The standard InChI is InChI=1S/C17H24N6O/c1-14-12-15(23-10-4-5-11-23)21-17(20-14)19-7-6-18-16(24)13-22-8-2-3-9-22/h2-3,8-9,12H,4-7,10-11,13H2,1H3,(H,18,24)(H,19,20,21). The van der Waals surface area contributed by atoms with Gasteiger partial charge in [0, 0.05) is 50.3 Å². The number of aromatic nitrogens is 3. The van der Waals surface area contributed by atoms with Crippen molar-refractivity contribution in [3.63, 3.8) is 0 Å². The number of aryl methyl sites for hydroxylation is 1. The molecule has 0 aliphatic carbocycles. The first-order valence-electron chi connectivity index (χ1n) is 8.43. The molecule has 0 saturated carbocycles. The van der Waals surface area contributed by atoms with E-state index in [1.165, 1.54) is 12.8 Å². The van der Waals surface area contributed by atoms with Gasteiger partial charge in [-0.2, -0.15) is 4.98 Å². The van der Waals surface area contributed by atoms with Gasteiger partial charge in [0.1, 0.15) is 12.4 Å². The molecule has 1 fully saturated rings. The van der Waals surface area contributed by atoms with Crippen LogP contribution in [0.1, 0.15) is 18.5 Å². The zero-order valence-electron chi connectivity index (χ0n) is 14.0. The maximum Gasteiger partial charge on any atom is 0.239 e. The van der Waals surface area contributed by atoms with Crippen molar-refractivity contribution in [2.24, 2.45) is 0 Å². The number of hydrogen-bond acceptors (Lipinski definition) is 5. The van der Waals surface area contributed by atoms with Crippen LogP contribution in [-0.4, -0.2) is 46.6 Å². The van der Waals surface area contributed by atoms with E-state index in [4.69, 9.17) is 0 Å². The first-order chi connectivity index (χ1) is 11.7. The fraction of sp³-hybridized carbons (Fsp3) is 0.471. The van der Waals surface area contributed by atoms with Gasteiger partial charge in [0.15, 0.2) is 0 Å². The molecule has 0 unspecified atom stereocenters. The van der Waals surface area contributed by atoms with Gasteiger partial charge in [-0.25, -0.2) is 4.98 Å². The molecule has 1 amide bonds. The van der Waals surface area contributed by atoms with Gasteiger partial charge in [-0.05, 0) is 31.9 Å². The average Bonchev–Trinajstić information content (AvgIpc) is 3.24. The lowest BCUT2D eigenvalue weighted by atomic mass is 10.4. The van der Waals surface area contributed by atoms with Gasteiger partial charge < -0.3 is 20.1 Å². The zero-order valence-corrected chi connectivity index (χ0v) is 14.0. The molecule has 0 aromatic carbocycles. The van der Waals surface area contributed by atoms with Gasteiger partial charge >= 0.3 is 0 Å². The van der Waals surface area contributed by atoms with E-state index in [0.29, 0.717) is 25.6 Å². The summed E-state index contributed by atoms with van der Waals surface area (Å²) in [5, 5.41) is 6.08. The van der Waals surface area contributed by atoms with Crippen molar-refractivity contribution in [1.29, 1.82) is 0 Å². The lowest BCUT2D eigenvalue weighted by molar-refractivity contribution is -0.121. The van der Waals surface area contributed by atoms with E-state index >= 15 is 0 Å². The van der Waals surface area contributed by atoms with E-state index in [0.717, 1.165) is 24.6 Å². The molecule has 24 heavy (non-hydrogen) atoms. The van der Waals surface area contributed by atoms with Crippen LogP contribution in [0.25, 0.3) is 0 Å². The molecule has 128 valence electrons. The van der Waals surface area contributed by atoms with E-state index in [-0.39, 0.29) is 5.91 Å². The fourth-order valence-corrected chi connectivity index (χ4v) is 2.81. The quantitative estimate of drug-likeness (QED) is 0.752. The highest BCUT2D eigenvalue weighted by atomic mass is 16.1. The predicted molar refractivity (Wildman–Crippen MR) is 94.1 cm³/mol. The minimum absolute atomic E-state index is 0.00378. The maximum absolute atomic E-state index is 11.8. The first kappa shape index (κ1) is 16.3. The van der Waals surface area contributed by atoms with E-state index in [1.54, 1.807) is 0 Å². The Bertz CT molecular complexity index is 664. The second-order valence-electron chi connectivity index (χ2n) is 6.02. The summed E-state index contributed by atoms with van der Waals surface area (Å²) in [6, 6.07) is 5.83. The summed E-state index contributed by atoms with van der Waals surface area (Å²) in [7, 11) is 0. The van der Waals surface area contributed by atoms with Gasteiger partial charge in [-0.3, -0.25) is 4.79 Å². The molecule has 1 aliphatic heterocycles. The highest BCUT2D eigenvalue weighted by Gasteiger charge is 2.14. The second-order valence-corrected chi connectivity index (χ2v) is 6.02. The van der Waals surface area contributed by atoms with Crippen LogP contribution in [0.2, 0.25) is 0 Å². The number of amides is 1. The Hall–Kier alpha value is -2.57. The molecular formula is C17H24N6O. The van der Waals surface area contributed by atoms with Gasteiger partial charge in [-0.15, -0.1) is 0 Å². The third-order valence-electron chi connectivity index (χ3n) is 3.99. The molecule has 0 atom stereocenters. The number of anilines is 2. The summed E-state index contributed by atoms with van der Waals surface area (Å²) in [6.45, 7) is 5.58. The molecule has 2 N–H and O–H groups in total. The van der Waals surface area contributed by atoms with Crippen LogP contribution < -0.4 is 15.5 Å². The van der Waals surface area contributed by atoms with E-state index < -0.39 is 0 Å². The Morgan fingerprint density at radius 2 is 1.92 bits per heavy atom. The number of nitrogens with one attached hydrogen (secondary N) is 2. The lowest BCUT2D eigenvalue weighted by Gasteiger charge is -2.17. The fourth-order valence-electron chi connectivity index (χ4n) is 2.81. The van der Waals surface area contributed by atoms with Crippen molar-refractivity contribution in [2.45, 2.75) is 26.3 Å². The molecule has 0 bridgehead atoms. The number of nitrogens with zero attached hydrogens (tertiary/aromatic N) is 4. The van der Waals surface area contributed by atoms with Gasteiger partial charge in [-0.1, -0.05) is 0 Å². The van der Waals surface area contributed by atoms with Crippen molar-refractivity contribution in [3.8, 4) is 0 Å². The van der Waals surface area contributed by atoms with E-state index in [2.05, 4.69) is 25.5 Å². The Morgan fingerprint density at radius 3 is 2.67 bits per heavy atom. The molecule has 1 aliphatic rings. The normalized spacial score (nSPS) is 14.0. The number of hydrogen-bond donors (Lipinski definition) is 2. The first-order valence-corrected chi connectivity index (χ1v) is 8.43. The predicted octanol–water partition coefficient (Wildman–Crippen LogP) is 1.42. The maximum atomic E-state index is 11.8. The lowest BCUT2D eigenvalue weighted by Crippen LogP contribution is -2.31. The third kappa shape index (κ3) is 4.47. The van der Waals surface area contributed by atoms with Crippen LogP contribution in [0.5, 0.6) is 0 Å². The molecule has 3 rings (SSSR count). The summed E-state index contributed by atoms with van der Waals surface area (Å²) in [6.07, 6.45) is 6.19. The highest BCUT2D eigenvalue weighted by molar-refractivity contribution is 5.75. The SMILES string of the molecule is Cc1cc(N2CCCC2)nc(NCCNC(=O)Cn2cccc2)n1. The van der Waals surface area contributed by atoms with Crippen molar-refractivity contribution in [2.75, 3.05) is 36.4 Å². The van der Waals surface area contributed by atoms with E-state index in [9.17, 15) is 4.79 Å². The van der Waals surface area contributed by atoms with Crippen molar-refractivity contribution < 1.29 is 4.79 Å². The topological polar surface area (TPSA) is 75.1 Å². The summed E-state index contributed by atoms with van der Waals surface area (Å²) < 4.78 is 1.84. The van der Waals surface area contributed by atoms with Crippen LogP contribution in [0.4, 0.5) is 11.8 Å². The molecule has 1 saturated heterocycles. The van der Waals surface area contributed by atoms with Crippen molar-refractivity contribution in [3.05, 3.63) is 36.3 Å².